The highest BCUT2D eigenvalue weighted by atomic mass is 79.9. The van der Waals surface area contributed by atoms with E-state index in [1.165, 1.54) is 60.8 Å². The predicted octanol–water partition coefficient (Wildman–Crippen LogP) is 4.11. The maximum absolute atomic E-state index is 5.81. The van der Waals surface area contributed by atoms with Crippen molar-refractivity contribution in [3.8, 4) is 0 Å². The van der Waals surface area contributed by atoms with Crippen molar-refractivity contribution >= 4 is 21.6 Å². The summed E-state index contributed by atoms with van der Waals surface area (Å²) in [6.45, 7) is 1.95. The summed E-state index contributed by atoms with van der Waals surface area (Å²) in [5.41, 5.74) is 8.66. The largest absolute Gasteiger partial charge is 0.368 e. The van der Waals surface area contributed by atoms with Crippen LogP contribution in [0.2, 0.25) is 0 Å². The van der Waals surface area contributed by atoms with Gasteiger partial charge in [-0.05, 0) is 68.3 Å². The Labute approximate surface area is 130 Å². The van der Waals surface area contributed by atoms with E-state index in [1.54, 1.807) is 0 Å². The van der Waals surface area contributed by atoms with Gasteiger partial charge in [0.1, 0.15) is 0 Å². The van der Waals surface area contributed by atoms with E-state index in [0.29, 0.717) is 0 Å². The van der Waals surface area contributed by atoms with Gasteiger partial charge in [0.15, 0.2) is 0 Å². The molecule has 20 heavy (non-hydrogen) atoms. The first-order valence-corrected chi connectivity index (χ1v) is 8.84. The van der Waals surface area contributed by atoms with E-state index in [4.69, 9.17) is 5.73 Å². The second kappa shape index (κ2) is 6.48. The van der Waals surface area contributed by atoms with Crippen molar-refractivity contribution in [1.29, 1.82) is 0 Å². The smallest absolute Gasteiger partial charge is 0.0402 e. The third-order valence-electron chi connectivity index (χ3n) is 5.01. The van der Waals surface area contributed by atoms with Crippen molar-refractivity contribution in [3.05, 3.63) is 28.2 Å². The van der Waals surface area contributed by atoms with Crippen LogP contribution in [0.5, 0.6) is 0 Å². The van der Waals surface area contributed by atoms with E-state index in [9.17, 15) is 0 Å². The maximum atomic E-state index is 5.81. The molecule has 0 unspecified atom stereocenters. The third kappa shape index (κ3) is 2.89. The summed E-state index contributed by atoms with van der Waals surface area (Å²) in [5.74, 6) is 0.923. The number of hydrogen-bond donors (Lipinski definition) is 1. The van der Waals surface area contributed by atoms with Crippen LogP contribution in [0.1, 0.15) is 44.1 Å². The van der Waals surface area contributed by atoms with Gasteiger partial charge in [-0.25, -0.2) is 0 Å². The molecule has 2 aliphatic rings. The zero-order valence-corrected chi connectivity index (χ0v) is 13.7. The fraction of sp³-hybridized carbons (Fsp3) is 0.647. The summed E-state index contributed by atoms with van der Waals surface area (Å²) in [5, 5.41) is 0. The molecule has 0 spiro atoms. The van der Waals surface area contributed by atoms with E-state index >= 15 is 0 Å². The minimum atomic E-state index is 0.728. The molecule has 1 saturated carbocycles. The van der Waals surface area contributed by atoms with Crippen LogP contribution in [0.15, 0.2) is 22.7 Å². The molecule has 0 bridgehead atoms. The van der Waals surface area contributed by atoms with E-state index in [1.807, 2.05) is 0 Å². The van der Waals surface area contributed by atoms with Crippen LogP contribution in [0.25, 0.3) is 0 Å². The number of halogens is 1. The number of nitrogens with two attached hydrogens (primary N) is 1. The Kier molecular flexibility index (Phi) is 4.67. The average molecular weight is 337 g/mol. The Bertz CT molecular complexity index is 458. The van der Waals surface area contributed by atoms with Crippen molar-refractivity contribution in [3.63, 3.8) is 0 Å². The highest BCUT2D eigenvalue weighted by Gasteiger charge is 2.33. The Morgan fingerprint density at radius 1 is 1.15 bits per heavy atom. The van der Waals surface area contributed by atoms with Crippen molar-refractivity contribution < 1.29 is 0 Å². The molecular weight excluding hydrogens is 312 g/mol. The highest BCUT2D eigenvalue weighted by molar-refractivity contribution is 9.10. The molecular formula is C17H25BrN2. The summed E-state index contributed by atoms with van der Waals surface area (Å²) in [7, 11) is 0. The highest BCUT2D eigenvalue weighted by Crippen LogP contribution is 2.39. The summed E-state index contributed by atoms with van der Waals surface area (Å²) >= 11 is 3.60. The lowest BCUT2D eigenvalue weighted by Gasteiger charge is -2.46. The van der Waals surface area contributed by atoms with Gasteiger partial charge in [0.25, 0.3) is 0 Å². The molecule has 2 nitrogen and oxygen atoms in total. The summed E-state index contributed by atoms with van der Waals surface area (Å²) in [6, 6.07) is 7.51. The standard InChI is InChI=1S/C17H25BrN2/c18-15-7-8-17(14(12-15)9-10-19)20-11-3-5-13-4-1-2-6-16(13)20/h7-8,12-13,16H,1-6,9-11,19H2/t13-,16-/m1/s1. The first kappa shape index (κ1) is 14.4. The van der Waals surface area contributed by atoms with E-state index in [2.05, 4.69) is 39.0 Å². The molecule has 0 aromatic heterocycles. The van der Waals surface area contributed by atoms with Crippen LogP contribution < -0.4 is 10.6 Å². The lowest BCUT2D eigenvalue weighted by molar-refractivity contribution is 0.243. The SMILES string of the molecule is NCCc1cc(Br)ccc1N1CCC[C@H]2CCCC[C@H]21. The quantitative estimate of drug-likeness (QED) is 0.899. The van der Waals surface area contributed by atoms with Crippen LogP contribution in [-0.2, 0) is 6.42 Å². The van der Waals surface area contributed by atoms with Gasteiger partial charge in [0, 0.05) is 22.7 Å². The normalized spacial score (nSPS) is 26.4. The third-order valence-corrected chi connectivity index (χ3v) is 5.50. The van der Waals surface area contributed by atoms with Crippen LogP contribution >= 0.6 is 15.9 Å². The van der Waals surface area contributed by atoms with Crippen molar-refractivity contribution in [2.45, 2.75) is 51.0 Å². The van der Waals surface area contributed by atoms with Crippen LogP contribution in [-0.4, -0.2) is 19.1 Å². The van der Waals surface area contributed by atoms with Gasteiger partial charge in [-0.1, -0.05) is 28.8 Å². The first-order valence-electron chi connectivity index (χ1n) is 8.04. The van der Waals surface area contributed by atoms with Gasteiger partial charge in [-0.2, -0.15) is 0 Å². The Morgan fingerprint density at radius 2 is 1.95 bits per heavy atom. The van der Waals surface area contributed by atoms with Crippen LogP contribution in [0.4, 0.5) is 5.69 Å². The molecule has 0 radical (unpaired) electrons. The molecule has 3 heteroatoms. The summed E-state index contributed by atoms with van der Waals surface area (Å²) < 4.78 is 1.17. The lowest BCUT2D eigenvalue weighted by atomic mass is 9.78. The van der Waals surface area contributed by atoms with Gasteiger partial charge < -0.3 is 10.6 Å². The van der Waals surface area contributed by atoms with Crippen LogP contribution in [0, 0.1) is 5.92 Å². The first-order chi connectivity index (χ1) is 9.79. The summed E-state index contributed by atoms with van der Waals surface area (Å²) in [4.78, 5) is 2.70. The second-order valence-electron chi connectivity index (χ2n) is 6.26. The zero-order valence-electron chi connectivity index (χ0n) is 12.2. The molecule has 1 heterocycles. The molecule has 3 rings (SSSR count). The minimum absolute atomic E-state index is 0.728. The lowest BCUT2D eigenvalue weighted by Crippen LogP contribution is -2.47. The van der Waals surface area contributed by atoms with Gasteiger partial charge >= 0.3 is 0 Å². The number of nitrogens with zero attached hydrogens (tertiary/aromatic N) is 1. The van der Waals surface area contributed by atoms with Gasteiger partial charge in [0.2, 0.25) is 0 Å². The Balaban J connectivity index is 1.90. The zero-order chi connectivity index (χ0) is 13.9. The molecule has 110 valence electrons. The van der Waals surface area contributed by atoms with Gasteiger partial charge in [-0.3, -0.25) is 0 Å². The van der Waals surface area contributed by atoms with Crippen LogP contribution in [0.3, 0.4) is 0 Å². The number of benzene rings is 1. The Hall–Kier alpha value is -0.540. The summed E-state index contributed by atoms with van der Waals surface area (Å²) in [6.07, 6.45) is 9.41. The molecule has 2 fully saturated rings. The molecule has 1 aliphatic carbocycles. The molecule has 0 amide bonds. The average Bonchev–Trinajstić information content (AvgIpc) is 2.47. The maximum Gasteiger partial charge on any atom is 0.0402 e. The number of piperidine rings is 1. The monoisotopic (exact) mass is 336 g/mol. The second-order valence-corrected chi connectivity index (χ2v) is 7.17. The van der Waals surface area contributed by atoms with Crippen molar-refractivity contribution in [1.82, 2.24) is 0 Å². The molecule has 1 aliphatic heterocycles. The number of hydrogen-bond acceptors (Lipinski definition) is 2. The molecule has 2 N–H and O–H groups in total. The van der Waals surface area contributed by atoms with Crippen molar-refractivity contribution in [2.75, 3.05) is 18.0 Å². The molecule has 2 atom stereocenters. The number of anilines is 1. The van der Waals surface area contributed by atoms with E-state index < -0.39 is 0 Å². The number of fused-ring (bicyclic) bond motifs is 1. The van der Waals surface area contributed by atoms with Gasteiger partial charge in [0.05, 0.1) is 0 Å². The Morgan fingerprint density at radius 3 is 2.80 bits per heavy atom. The fourth-order valence-corrected chi connectivity index (χ4v) is 4.52. The molecule has 1 aromatic carbocycles. The number of rotatable bonds is 3. The predicted molar refractivity (Wildman–Crippen MR) is 89.2 cm³/mol. The van der Waals surface area contributed by atoms with Gasteiger partial charge in [-0.15, -0.1) is 0 Å². The van der Waals surface area contributed by atoms with E-state index in [0.717, 1.165) is 24.9 Å². The molecule has 1 saturated heterocycles. The fourth-order valence-electron chi connectivity index (χ4n) is 4.11. The van der Waals surface area contributed by atoms with Crippen molar-refractivity contribution in [2.24, 2.45) is 11.7 Å². The topological polar surface area (TPSA) is 29.3 Å². The molecule has 1 aromatic rings. The van der Waals surface area contributed by atoms with E-state index in [-0.39, 0.29) is 0 Å². The minimum Gasteiger partial charge on any atom is -0.368 e.